The summed E-state index contributed by atoms with van der Waals surface area (Å²) in [4.78, 5) is 18.3. The van der Waals surface area contributed by atoms with Gasteiger partial charge in [-0.3, -0.25) is 4.79 Å². The van der Waals surface area contributed by atoms with Gasteiger partial charge < -0.3 is 14.4 Å². The first-order chi connectivity index (χ1) is 12.7. The van der Waals surface area contributed by atoms with Crippen molar-refractivity contribution in [2.24, 2.45) is 5.92 Å². The van der Waals surface area contributed by atoms with E-state index in [9.17, 15) is 9.18 Å². The molecule has 136 valence electrons. The third kappa shape index (κ3) is 3.17. The number of carbonyl (C=O) groups is 1. The zero-order valence-electron chi connectivity index (χ0n) is 14.4. The second-order valence-electron chi connectivity index (χ2n) is 6.85. The van der Waals surface area contributed by atoms with E-state index in [2.05, 4.69) is 4.98 Å². The minimum absolute atomic E-state index is 0.121. The molecule has 0 unspecified atom stereocenters. The van der Waals surface area contributed by atoms with Crippen molar-refractivity contribution in [3.63, 3.8) is 0 Å². The molecule has 0 N–H and O–H groups in total. The molecule has 0 bridgehead atoms. The van der Waals surface area contributed by atoms with Crippen LogP contribution in [-0.4, -0.2) is 47.7 Å². The number of hydrogen-bond acceptors (Lipinski definition) is 4. The van der Waals surface area contributed by atoms with Gasteiger partial charge in [0.15, 0.2) is 0 Å². The molecule has 4 rings (SSSR count). The predicted molar refractivity (Wildman–Crippen MR) is 93.4 cm³/mol. The monoisotopic (exact) mass is 356 g/mol. The first kappa shape index (κ1) is 17.0. The Bertz CT molecular complexity index is 778. The van der Waals surface area contributed by atoms with Crippen molar-refractivity contribution < 1.29 is 18.7 Å². The van der Waals surface area contributed by atoms with Gasteiger partial charge >= 0.3 is 0 Å². The molecule has 3 heterocycles. The van der Waals surface area contributed by atoms with Crippen molar-refractivity contribution in [2.75, 3.05) is 26.3 Å². The molecule has 0 saturated carbocycles. The summed E-state index contributed by atoms with van der Waals surface area (Å²) in [5, 5.41) is 0. The molecule has 2 aliphatic rings. The van der Waals surface area contributed by atoms with Crippen LogP contribution in [0.1, 0.15) is 23.2 Å². The Hall–Kier alpha value is -2.47. The first-order valence-electron chi connectivity index (χ1n) is 8.89. The van der Waals surface area contributed by atoms with E-state index in [1.165, 1.54) is 12.1 Å². The van der Waals surface area contributed by atoms with Crippen LogP contribution in [0, 0.1) is 11.7 Å². The Balaban J connectivity index is 1.33. The lowest BCUT2D eigenvalue weighted by molar-refractivity contribution is -0.119. The lowest BCUT2D eigenvalue weighted by Crippen LogP contribution is -2.66. The Morgan fingerprint density at radius 3 is 2.85 bits per heavy atom. The van der Waals surface area contributed by atoms with Crippen LogP contribution < -0.4 is 4.74 Å². The molecule has 1 spiro atoms. The molecule has 2 fully saturated rings. The second kappa shape index (κ2) is 7.03. The maximum Gasteiger partial charge on any atom is 0.257 e. The Morgan fingerprint density at radius 2 is 2.08 bits per heavy atom. The van der Waals surface area contributed by atoms with E-state index < -0.39 is 5.82 Å². The van der Waals surface area contributed by atoms with E-state index in [1.807, 2.05) is 18.2 Å². The van der Waals surface area contributed by atoms with Crippen LogP contribution in [0.2, 0.25) is 0 Å². The molecule has 2 saturated heterocycles. The fourth-order valence-corrected chi connectivity index (χ4v) is 3.83. The maximum atomic E-state index is 13.8. The van der Waals surface area contributed by atoms with Gasteiger partial charge in [0.1, 0.15) is 11.4 Å². The number of pyridine rings is 1. The molecule has 2 aliphatic heterocycles. The van der Waals surface area contributed by atoms with E-state index in [0.29, 0.717) is 38.1 Å². The van der Waals surface area contributed by atoms with E-state index in [0.717, 1.165) is 12.8 Å². The maximum absolute atomic E-state index is 13.8. The zero-order chi connectivity index (χ0) is 18.0. The molecule has 1 atom stereocenters. The summed E-state index contributed by atoms with van der Waals surface area (Å²) in [5.41, 5.74) is -0.190. The highest BCUT2D eigenvalue weighted by atomic mass is 19.1. The van der Waals surface area contributed by atoms with Crippen molar-refractivity contribution in [1.82, 2.24) is 9.88 Å². The Morgan fingerprint density at radius 1 is 1.27 bits per heavy atom. The van der Waals surface area contributed by atoms with Crippen LogP contribution in [0.5, 0.6) is 5.88 Å². The van der Waals surface area contributed by atoms with Crippen molar-refractivity contribution in [3.8, 4) is 5.88 Å². The van der Waals surface area contributed by atoms with Gasteiger partial charge in [-0.15, -0.1) is 0 Å². The van der Waals surface area contributed by atoms with Gasteiger partial charge in [0.05, 0.1) is 25.3 Å². The van der Waals surface area contributed by atoms with Crippen LogP contribution in [0.15, 0.2) is 48.7 Å². The summed E-state index contributed by atoms with van der Waals surface area (Å²) in [6.45, 7) is 2.27. The number of ether oxygens (including phenoxy) is 2. The SMILES string of the molecule is O=C(c1ccccc1F)N1CC2(C1)OCC[C@H]2CCOc1ccccn1. The molecular weight excluding hydrogens is 335 g/mol. The van der Waals surface area contributed by atoms with Crippen molar-refractivity contribution in [2.45, 2.75) is 18.4 Å². The number of likely N-dealkylation sites (tertiary alicyclic amines) is 1. The van der Waals surface area contributed by atoms with Gasteiger partial charge in [0.25, 0.3) is 5.91 Å². The molecular formula is C20H21FN2O3. The number of amides is 1. The van der Waals surface area contributed by atoms with Gasteiger partial charge in [-0.2, -0.15) is 0 Å². The van der Waals surface area contributed by atoms with Gasteiger partial charge in [-0.05, 0) is 37.0 Å². The molecule has 5 nitrogen and oxygen atoms in total. The minimum Gasteiger partial charge on any atom is -0.478 e. The lowest BCUT2D eigenvalue weighted by Gasteiger charge is -2.50. The highest BCUT2D eigenvalue weighted by Gasteiger charge is 2.54. The van der Waals surface area contributed by atoms with Crippen molar-refractivity contribution in [1.29, 1.82) is 0 Å². The summed E-state index contributed by atoms with van der Waals surface area (Å²) < 4.78 is 25.5. The normalized spacial score (nSPS) is 20.8. The van der Waals surface area contributed by atoms with Crippen LogP contribution in [0.4, 0.5) is 4.39 Å². The van der Waals surface area contributed by atoms with Crippen LogP contribution in [-0.2, 0) is 4.74 Å². The van der Waals surface area contributed by atoms with Crippen molar-refractivity contribution >= 4 is 5.91 Å². The summed E-state index contributed by atoms with van der Waals surface area (Å²) in [6.07, 6.45) is 3.50. The second-order valence-corrected chi connectivity index (χ2v) is 6.85. The average Bonchev–Trinajstić information content (AvgIpc) is 3.05. The molecule has 1 amide bonds. The smallest absolute Gasteiger partial charge is 0.257 e. The molecule has 1 aromatic heterocycles. The van der Waals surface area contributed by atoms with E-state index in [4.69, 9.17) is 9.47 Å². The zero-order valence-corrected chi connectivity index (χ0v) is 14.4. The van der Waals surface area contributed by atoms with E-state index in [1.54, 1.807) is 23.2 Å². The number of rotatable bonds is 5. The fraction of sp³-hybridized carbons (Fsp3) is 0.400. The van der Waals surface area contributed by atoms with Gasteiger partial charge in [0.2, 0.25) is 5.88 Å². The molecule has 2 aromatic rings. The largest absolute Gasteiger partial charge is 0.478 e. The Labute approximate surface area is 151 Å². The summed E-state index contributed by atoms with van der Waals surface area (Å²) in [6, 6.07) is 11.7. The van der Waals surface area contributed by atoms with E-state index in [-0.39, 0.29) is 17.1 Å². The lowest BCUT2D eigenvalue weighted by atomic mass is 9.79. The van der Waals surface area contributed by atoms with Crippen LogP contribution >= 0.6 is 0 Å². The van der Waals surface area contributed by atoms with Gasteiger partial charge in [-0.1, -0.05) is 18.2 Å². The number of aromatic nitrogens is 1. The standard InChI is InChI=1S/C20H21FN2O3/c21-17-6-2-1-5-16(17)19(24)23-13-20(14-23)15(9-12-26-20)8-11-25-18-7-3-4-10-22-18/h1-7,10,15H,8-9,11-14H2/t15-/m1/s1. The van der Waals surface area contributed by atoms with Crippen LogP contribution in [0.25, 0.3) is 0 Å². The summed E-state index contributed by atoms with van der Waals surface area (Å²) >= 11 is 0. The topological polar surface area (TPSA) is 51.7 Å². The predicted octanol–water partition coefficient (Wildman–Crippen LogP) is 2.92. The molecule has 6 heteroatoms. The third-order valence-corrected chi connectivity index (χ3v) is 5.26. The highest BCUT2D eigenvalue weighted by molar-refractivity contribution is 5.95. The highest BCUT2D eigenvalue weighted by Crippen LogP contribution is 2.42. The van der Waals surface area contributed by atoms with Crippen molar-refractivity contribution in [3.05, 3.63) is 60.0 Å². The quantitative estimate of drug-likeness (QED) is 0.827. The third-order valence-electron chi connectivity index (χ3n) is 5.26. The van der Waals surface area contributed by atoms with E-state index >= 15 is 0 Å². The number of benzene rings is 1. The molecule has 0 aliphatic carbocycles. The average molecular weight is 356 g/mol. The first-order valence-corrected chi connectivity index (χ1v) is 8.89. The summed E-state index contributed by atoms with van der Waals surface area (Å²) in [5.74, 6) is 0.195. The molecule has 0 radical (unpaired) electrons. The number of halogens is 1. The molecule has 1 aromatic carbocycles. The van der Waals surface area contributed by atoms with Gasteiger partial charge in [0, 0.05) is 18.9 Å². The van der Waals surface area contributed by atoms with Crippen LogP contribution in [0.3, 0.4) is 0 Å². The molecule has 26 heavy (non-hydrogen) atoms. The summed E-state index contributed by atoms with van der Waals surface area (Å²) in [7, 11) is 0. The minimum atomic E-state index is -0.480. The number of carbonyl (C=O) groups excluding carboxylic acids is 1. The number of nitrogens with zero attached hydrogens (tertiary/aromatic N) is 2. The fourth-order valence-electron chi connectivity index (χ4n) is 3.83. The Kier molecular flexibility index (Phi) is 4.59. The number of hydrogen-bond donors (Lipinski definition) is 0. The van der Waals surface area contributed by atoms with Gasteiger partial charge in [-0.25, -0.2) is 9.37 Å².